The van der Waals surface area contributed by atoms with Crippen molar-refractivity contribution in [3.8, 4) is 34.5 Å². The van der Waals surface area contributed by atoms with Gasteiger partial charge in [-0.05, 0) is 90.8 Å². The number of aliphatic hydroxyl groups is 1. The van der Waals surface area contributed by atoms with Crippen LogP contribution in [0, 0.1) is 0 Å². The zero-order valence-electron chi connectivity index (χ0n) is 38.4. The number of hydrogen-bond acceptors (Lipinski definition) is 14. The van der Waals surface area contributed by atoms with E-state index in [1.807, 2.05) is 42.6 Å². The molecule has 0 saturated heterocycles. The second-order valence-corrected chi connectivity index (χ2v) is 22.1. The number of benzene rings is 4. The molecule has 4 N–H and O–H groups in total. The Balaban J connectivity index is 0.892. The third-order valence-electron chi connectivity index (χ3n) is 12.8. The number of carbonyl (C=O) groups is 2. The predicted molar refractivity (Wildman–Crippen MR) is 259 cm³/mol. The Hall–Kier alpha value is -6.20. The smallest absolute Gasteiger partial charge is 0.288 e. The van der Waals surface area contributed by atoms with Crippen molar-refractivity contribution in [2.24, 2.45) is 0 Å². The fourth-order valence-corrected chi connectivity index (χ4v) is 12.9. The molecule has 0 spiro atoms. The fourth-order valence-electron chi connectivity index (χ4n) is 9.25. The number of hydrogen-bond donors (Lipinski definition) is 4. The zero-order chi connectivity index (χ0) is 48.2. The van der Waals surface area contributed by atoms with Gasteiger partial charge in [0.15, 0.2) is 28.4 Å². The van der Waals surface area contributed by atoms with E-state index >= 15 is 0 Å². The molecule has 0 saturated carbocycles. The minimum absolute atomic E-state index is 0.0776. The standard InChI is InChI=1S/C49H57N4O13PS/c1-61-36-12-8-31(9-13-36)33-22-35-28-50-40-26-45(43(63-3)24-38(40)48(55)52(35)29-33)65-17-6-20-67(57,19-5-16-54)21-7-18-66-46-27-41-39(25-44(46)64-4)49(56)53-30-34(32-10-14-37(62-2)15-11-32)23-42(53)47(51-41)68(58,59)60/h8-15,24-27,29-30,35,42,47,50-51,54H,5-7,16-23,28H2,1-4H3,(H,58,59,60)/t35-,42-,47?,67?/m0/s1. The SMILES string of the molecule is COc1ccc(C2=CN3C(=O)c4cc(OC)c(OCCCP(=O)(CCCO)CCCOc5cc6c(cc5OC)C(=O)N5C=C(c7ccc(OC)cc7)C[C@H]5C(S(=O)(=O)O)N6)cc4NC[C@@H]3C2)cc1. The van der Waals surface area contributed by atoms with Crippen molar-refractivity contribution in [2.75, 3.05) is 83.9 Å². The number of amides is 2. The molecule has 4 aliphatic heterocycles. The van der Waals surface area contributed by atoms with E-state index in [1.165, 1.54) is 31.3 Å². The van der Waals surface area contributed by atoms with E-state index < -0.39 is 34.6 Å². The molecule has 68 heavy (non-hydrogen) atoms. The van der Waals surface area contributed by atoms with Crippen molar-refractivity contribution in [3.63, 3.8) is 0 Å². The lowest BCUT2D eigenvalue weighted by molar-refractivity contribution is 0.0784. The van der Waals surface area contributed by atoms with Crippen molar-refractivity contribution in [2.45, 2.75) is 49.6 Å². The Labute approximate surface area is 396 Å². The van der Waals surface area contributed by atoms with Crippen molar-refractivity contribution in [1.82, 2.24) is 9.80 Å². The molecular formula is C49H57N4O13PS. The van der Waals surface area contributed by atoms with E-state index in [-0.39, 0.29) is 60.9 Å². The van der Waals surface area contributed by atoms with Gasteiger partial charge in [0.1, 0.15) is 11.5 Å². The van der Waals surface area contributed by atoms with Gasteiger partial charge in [0, 0.05) is 56.2 Å². The molecule has 0 radical (unpaired) electrons. The highest BCUT2D eigenvalue weighted by Crippen LogP contribution is 2.48. The quantitative estimate of drug-likeness (QED) is 0.0389. The van der Waals surface area contributed by atoms with E-state index in [1.54, 1.807) is 49.6 Å². The van der Waals surface area contributed by atoms with Crippen LogP contribution in [0.3, 0.4) is 0 Å². The first-order valence-electron chi connectivity index (χ1n) is 22.5. The van der Waals surface area contributed by atoms with Gasteiger partial charge in [-0.2, -0.15) is 8.42 Å². The topological polar surface area (TPSA) is 212 Å². The van der Waals surface area contributed by atoms with Gasteiger partial charge in [-0.15, -0.1) is 0 Å². The summed E-state index contributed by atoms with van der Waals surface area (Å²) in [6, 6.07) is 20.3. The number of aliphatic hydroxyl groups excluding tert-OH is 1. The molecule has 19 heteroatoms. The molecule has 4 heterocycles. The van der Waals surface area contributed by atoms with Crippen LogP contribution in [0.5, 0.6) is 34.5 Å². The van der Waals surface area contributed by atoms with Crippen LogP contribution in [0.2, 0.25) is 0 Å². The van der Waals surface area contributed by atoms with E-state index in [9.17, 15) is 32.2 Å². The third-order valence-corrected chi connectivity index (χ3v) is 17.3. The number of ether oxygens (including phenoxy) is 6. The van der Waals surface area contributed by atoms with Crippen molar-refractivity contribution in [3.05, 3.63) is 107 Å². The molecule has 0 aliphatic carbocycles. The van der Waals surface area contributed by atoms with E-state index in [2.05, 4.69) is 10.6 Å². The Morgan fingerprint density at radius 2 is 1.16 bits per heavy atom. The van der Waals surface area contributed by atoms with Gasteiger partial charge >= 0.3 is 0 Å². The number of nitrogens with zero attached hydrogens (tertiary/aromatic N) is 2. The Kier molecular flexibility index (Phi) is 14.6. The molecule has 0 aromatic heterocycles. The van der Waals surface area contributed by atoms with Gasteiger partial charge in [-0.25, -0.2) is 0 Å². The molecule has 0 fully saturated rings. The lowest BCUT2D eigenvalue weighted by Crippen LogP contribution is -2.46. The van der Waals surface area contributed by atoms with Gasteiger partial charge in [-0.1, -0.05) is 24.3 Å². The summed E-state index contributed by atoms with van der Waals surface area (Å²) in [6.45, 7) is 0.769. The second kappa shape index (κ2) is 20.6. The number of carbonyl (C=O) groups excluding carboxylic acids is 2. The molecule has 17 nitrogen and oxygen atoms in total. The largest absolute Gasteiger partial charge is 0.497 e. The van der Waals surface area contributed by atoms with Gasteiger partial charge in [0.2, 0.25) is 0 Å². The highest BCUT2D eigenvalue weighted by molar-refractivity contribution is 7.86. The summed E-state index contributed by atoms with van der Waals surface area (Å²) in [4.78, 5) is 31.1. The number of methoxy groups -OCH3 is 4. The van der Waals surface area contributed by atoms with Gasteiger partial charge < -0.3 is 58.5 Å². The fraction of sp³-hybridized carbons (Fsp3) is 0.388. The van der Waals surface area contributed by atoms with Crippen LogP contribution in [0.4, 0.5) is 11.4 Å². The first-order chi connectivity index (χ1) is 32.8. The third kappa shape index (κ3) is 10.3. The highest BCUT2D eigenvalue weighted by atomic mass is 32.2. The van der Waals surface area contributed by atoms with Gasteiger partial charge in [0.25, 0.3) is 21.9 Å². The maximum absolute atomic E-state index is 14.3. The average molecular weight is 973 g/mol. The second-order valence-electron chi connectivity index (χ2n) is 17.1. The normalized spacial score (nSPS) is 19.4. The number of fused-ring (bicyclic) bond motifs is 4. The molecule has 4 aromatic carbocycles. The van der Waals surface area contributed by atoms with Crippen LogP contribution in [-0.2, 0) is 14.7 Å². The van der Waals surface area contributed by atoms with Crippen LogP contribution in [0.1, 0.15) is 63.9 Å². The zero-order valence-corrected chi connectivity index (χ0v) is 40.1. The van der Waals surface area contributed by atoms with E-state index in [4.69, 9.17) is 28.4 Å². The Morgan fingerprint density at radius 3 is 1.69 bits per heavy atom. The molecule has 4 aromatic rings. The first-order valence-corrected chi connectivity index (χ1v) is 26.2. The summed E-state index contributed by atoms with van der Waals surface area (Å²) in [6.07, 6.45) is 6.58. The lowest BCUT2D eigenvalue weighted by atomic mass is 10.0. The number of anilines is 2. The van der Waals surface area contributed by atoms with Crippen molar-refractivity contribution >= 4 is 51.6 Å². The molecule has 4 atom stereocenters. The van der Waals surface area contributed by atoms with Crippen molar-refractivity contribution in [1.29, 1.82) is 0 Å². The maximum Gasteiger partial charge on any atom is 0.288 e. The maximum atomic E-state index is 14.3. The molecule has 2 amide bonds. The minimum atomic E-state index is -4.72. The number of rotatable bonds is 20. The summed E-state index contributed by atoms with van der Waals surface area (Å²) in [5.74, 6) is 2.06. The summed E-state index contributed by atoms with van der Waals surface area (Å²) >= 11 is 0. The van der Waals surface area contributed by atoms with Crippen LogP contribution >= 0.6 is 7.14 Å². The van der Waals surface area contributed by atoms with Crippen molar-refractivity contribution < 1.29 is 60.7 Å². The van der Waals surface area contributed by atoms with E-state index in [0.717, 1.165) is 22.4 Å². The van der Waals surface area contributed by atoms with Crippen LogP contribution in [0.25, 0.3) is 11.1 Å². The monoisotopic (exact) mass is 972 g/mol. The number of nitrogens with one attached hydrogen (secondary N) is 2. The van der Waals surface area contributed by atoms with Crippen LogP contribution < -0.4 is 39.1 Å². The summed E-state index contributed by atoms with van der Waals surface area (Å²) in [5.41, 5.74) is 4.94. The lowest BCUT2D eigenvalue weighted by Gasteiger charge is -2.26. The average Bonchev–Trinajstić information content (AvgIpc) is 3.94. The summed E-state index contributed by atoms with van der Waals surface area (Å²) < 4.78 is 84.6. The highest BCUT2D eigenvalue weighted by Gasteiger charge is 2.45. The molecular weight excluding hydrogens is 916 g/mol. The van der Waals surface area contributed by atoms with Crippen LogP contribution in [0.15, 0.2) is 85.2 Å². The summed E-state index contributed by atoms with van der Waals surface area (Å²) in [5, 5.41) is 14.4. The molecule has 4 aliphatic rings. The van der Waals surface area contributed by atoms with Gasteiger partial charge in [-0.3, -0.25) is 14.1 Å². The van der Waals surface area contributed by atoms with Gasteiger partial charge in [0.05, 0.1) is 83.4 Å². The Bertz CT molecular complexity index is 2750. The van der Waals surface area contributed by atoms with Crippen LogP contribution in [-0.4, -0.2) is 130 Å². The van der Waals surface area contributed by atoms with E-state index in [0.29, 0.717) is 84.8 Å². The first kappa shape index (κ1) is 48.3. The minimum Gasteiger partial charge on any atom is -0.497 e. The Morgan fingerprint density at radius 1 is 0.662 bits per heavy atom. The molecule has 8 rings (SSSR count). The predicted octanol–water partition coefficient (Wildman–Crippen LogP) is 7.28. The molecule has 0 bridgehead atoms. The molecule has 2 unspecified atom stereocenters. The summed E-state index contributed by atoms with van der Waals surface area (Å²) in [7, 11) is -1.43. The molecule has 362 valence electrons.